The molecule has 6 nitrogen and oxygen atoms in total. The van der Waals surface area contributed by atoms with E-state index in [9.17, 15) is 18.3 Å². The van der Waals surface area contributed by atoms with Crippen LogP contribution in [0.25, 0.3) is 10.9 Å². The normalized spacial score (nSPS) is 11.6. The SMILES string of the molecule is COC(=O)c1ccc2cc(CO)n(S(=O)(=O)c3ccccc3)c2c1. The summed E-state index contributed by atoms with van der Waals surface area (Å²) in [5.41, 5.74) is 0.763. The number of methoxy groups -OCH3 is 1. The van der Waals surface area contributed by atoms with Gasteiger partial charge in [-0.05, 0) is 30.3 Å². The Balaban J connectivity index is 2.31. The third kappa shape index (κ3) is 2.57. The van der Waals surface area contributed by atoms with Gasteiger partial charge in [-0.15, -0.1) is 0 Å². The van der Waals surface area contributed by atoms with Gasteiger partial charge in [-0.25, -0.2) is 17.2 Å². The summed E-state index contributed by atoms with van der Waals surface area (Å²) in [4.78, 5) is 11.8. The van der Waals surface area contributed by atoms with Crippen LogP contribution in [0.4, 0.5) is 0 Å². The van der Waals surface area contributed by atoms with E-state index in [1.807, 2.05) is 0 Å². The molecule has 3 aromatic rings. The van der Waals surface area contributed by atoms with Crippen molar-refractivity contribution >= 4 is 26.9 Å². The van der Waals surface area contributed by atoms with Gasteiger partial charge in [0.15, 0.2) is 0 Å². The zero-order chi connectivity index (χ0) is 17.3. The number of benzene rings is 2. The first-order valence-electron chi connectivity index (χ1n) is 7.13. The van der Waals surface area contributed by atoms with E-state index in [-0.39, 0.29) is 16.2 Å². The second kappa shape index (κ2) is 6.10. The van der Waals surface area contributed by atoms with Gasteiger partial charge in [-0.3, -0.25) is 0 Å². The average molecular weight is 345 g/mol. The van der Waals surface area contributed by atoms with Gasteiger partial charge in [-0.2, -0.15) is 0 Å². The maximum absolute atomic E-state index is 13.0. The Hall–Kier alpha value is -2.64. The fourth-order valence-corrected chi connectivity index (χ4v) is 4.12. The highest BCUT2D eigenvalue weighted by Crippen LogP contribution is 2.27. The van der Waals surface area contributed by atoms with Crippen LogP contribution in [-0.2, 0) is 21.4 Å². The minimum Gasteiger partial charge on any atom is -0.465 e. The van der Waals surface area contributed by atoms with E-state index < -0.39 is 22.6 Å². The van der Waals surface area contributed by atoms with Crippen molar-refractivity contribution in [3.63, 3.8) is 0 Å². The third-order valence-corrected chi connectivity index (χ3v) is 5.48. The molecule has 7 heteroatoms. The summed E-state index contributed by atoms with van der Waals surface area (Å²) in [6.07, 6.45) is 0. The summed E-state index contributed by atoms with van der Waals surface area (Å²) >= 11 is 0. The number of hydrogen-bond acceptors (Lipinski definition) is 5. The van der Waals surface area contributed by atoms with Gasteiger partial charge < -0.3 is 9.84 Å². The molecule has 0 aliphatic rings. The number of esters is 1. The van der Waals surface area contributed by atoms with Gasteiger partial charge in [0.1, 0.15) is 0 Å². The van der Waals surface area contributed by atoms with Crippen molar-refractivity contribution in [3.8, 4) is 0 Å². The molecule has 0 atom stereocenters. The fraction of sp³-hybridized carbons (Fsp3) is 0.118. The van der Waals surface area contributed by atoms with Crippen LogP contribution in [-0.4, -0.2) is 30.6 Å². The van der Waals surface area contributed by atoms with Crippen LogP contribution in [0.15, 0.2) is 59.5 Å². The number of fused-ring (bicyclic) bond motifs is 1. The van der Waals surface area contributed by atoms with Gasteiger partial charge >= 0.3 is 5.97 Å². The van der Waals surface area contributed by atoms with Gasteiger partial charge in [0, 0.05) is 5.39 Å². The Bertz CT molecular complexity index is 1010. The zero-order valence-corrected chi connectivity index (χ0v) is 13.7. The summed E-state index contributed by atoms with van der Waals surface area (Å²) < 4.78 is 31.7. The fourth-order valence-electron chi connectivity index (χ4n) is 2.57. The van der Waals surface area contributed by atoms with Crippen molar-refractivity contribution in [2.24, 2.45) is 0 Å². The van der Waals surface area contributed by atoms with Crippen molar-refractivity contribution in [2.75, 3.05) is 7.11 Å². The van der Waals surface area contributed by atoms with Crippen LogP contribution in [0.3, 0.4) is 0 Å². The lowest BCUT2D eigenvalue weighted by Gasteiger charge is -2.11. The van der Waals surface area contributed by atoms with Crippen LogP contribution in [0, 0.1) is 0 Å². The first-order chi connectivity index (χ1) is 11.5. The van der Waals surface area contributed by atoms with E-state index in [4.69, 9.17) is 0 Å². The first-order valence-corrected chi connectivity index (χ1v) is 8.57. The second-order valence-electron chi connectivity index (χ2n) is 5.14. The number of rotatable bonds is 4. The molecule has 1 heterocycles. The summed E-state index contributed by atoms with van der Waals surface area (Å²) in [5.74, 6) is -0.563. The summed E-state index contributed by atoms with van der Waals surface area (Å²) in [7, 11) is -2.65. The zero-order valence-electron chi connectivity index (χ0n) is 12.8. The number of carbonyl (C=O) groups excluding carboxylic acids is 1. The first kappa shape index (κ1) is 16.2. The minimum absolute atomic E-state index is 0.0978. The largest absolute Gasteiger partial charge is 0.465 e. The number of hydrogen-bond donors (Lipinski definition) is 1. The Morgan fingerprint density at radius 2 is 1.83 bits per heavy atom. The minimum atomic E-state index is -3.91. The van der Waals surface area contributed by atoms with Crippen molar-refractivity contribution in [3.05, 3.63) is 65.9 Å². The van der Waals surface area contributed by atoms with Gasteiger partial charge in [0.25, 0.3) is 10.0 Å². The third-order valence-electron chi connectivity index (χ3n) is 3.70. The predicted octanol–water partition coefficient (Wildman–Crippen LogP) is 2.16. The van der Waals surface area contributed by atoms with E-state index in [1.165, 1.54) is 25.3 Å². The summed E-state index contributed by atoms with van der Waals surface area (Å²) in [6.45, 7) is -0.450. The van der Waals surface area contributed by atoms with Crippen LogP contribution < -0.4 is 0 Å². The molecule has 0 aliphatic carbocycles. The smallest absolute Gasteiger partial charge is 0.337 e. The number of nitrogens with zero attached hydrogens (tertiary/aromatic N) is 1. The summed E-state index contributed by atoms with van der Waals surface area (Å²) in [6, 6.07) is 14.1. The standard InChI is InChI=1S/C17H15NO5S/c1-23-17(20)13-8-7-12-9-14(11-19)18(16(12)10-13)24(21,22)15-5-3-2-4-6-15/h2-10,19H,11H2,1H3. The highest BCUT2D eigenvalue weighted by atomic mass is 32.2. The second-order valence-corrected chi connectivity index (χ2v) is 6.93. The molecule has 0 spiro atoms. The van der Waals surface area contributed by atoms with Crippen molar-refractivity contribution in [1.82, 2.24) is 3.97 Å². The van der Waals surface area contributed by atoms with Crippen LogP contribution in [0.2, 0.25) is 0 Å². The Morgan fingerprint density at radius 1 is 1.12 bits per heavy atom. The van der Waals surface area contributed by atoms with E-state index in [0.29, 0.717) is 10.9 Å². The van der Waals surface area contributed by atoms with Gasteiger partial charge in [0.2, 0.25) is 0 Å². The van der Waals surface area contributed by atoms with Crippen LogP contribution in [0.1, 0.15) is 16.1 Å². The molecule has 0 bridgehead atoms. The predicted molar refractivity (Wildman–Crippen MR) is 88.2 cm³/mol. The highest BCUT2D eigenvalue weighted by Gasteiger charge is 2.23. The maximum Gasteiger partial charge on any atom is 0.337 e. The number of aliphatic hydroxyl groups is 1. The van der Waals surface area contributed by atoms with Crippen LogP contribution in [0.5, 0.6) is 0 Å². The molecule has 2 aromatic carbocycles. The lowest BCUT2D eigenvalue weighted by molar-refractivity contribution is 0.0601. The molecule has 0 aliphatic heterocycles. The monoisotopic (exact) mass is 345 g/mol. The van der Waals surface area contributed by atoms with Crippen molar-refractivity contribution in [1.29, 1.82) is 0 Å². The maximum atomic E-state index is 13.0. The molecular weight excluding hydrogens is 330 g/mol. The molecule has 124 valence electrons. The average Bonchev–Trinajstić information content (AvgIpc) is 3.00. The Morgan fingerprint density at radius 3 is 2.46 bits per heavy atom. The Labute approximate surface area is 139 Å². The highest BCUT2D eigenvalue weighted by molar-refractivity contribution is 7.90. The van der Waals surface area contributed by atoms with Gasteiger partial charge in [0.05, 0.1) is 35.4 Å². The molecule has 1 aromatic heterocycles. The number of aliphatic hydroxyl groups excluding tert-OH is 1. The molecular formula is C17H15NO5S. The molecule has 0 saturated heterocycles. The lowest BCUT2D eigenvalue weighted by atomic mass is 10.1. The quantitative estimate of drug-likeness (QED) is 0.732. The van der Waals surface area contributed by atoms with E-state index in [1.54, 1.807) is 36.4 Å². The van der Waals surface area contributed by atoms with E-state index in [2.05, 4.69) is 4.74 Å². The number of ether oxygens (including phenoxy) is 1. The van der Waals surface area contributed by atoms with Gasteiger partial charge in [-0.1, -0.05) is 24.3 Å². The summed E-state index contributed by atoms with van der Waals surface area (Å²) in [5, 5.41) is 10.2. The molecule has 0 radical (unpaired) electrons. The number of aromatic nitrogens is 1. The van der Waals surface area contributed by atoms with E-state index in [0.717, 1.165) is 3.97 Å². The molecule has 0 unspecified atom stereocenters. The van der Waals surface area contributed by atoms with Crippen molar-refractivity contribution < 1.29 is 23.1 Å². The Kier molecular flexibility index (Phi) is 4.13. The molecule has 0 saturated carbocycles. The molecule has 1 N–H and O–H groups in total. The van der Waals surface area contributed by atoms with E-state index >= 15 is 0 Å². The van der Waals surface area contributed by atoms with Crippen molar-refractivity contribution in [2.45, 2.75) is 11.5 Å². The topological polar surface area (TPSA) is 85.6 Å². The number of carbonyl (C=O) groups is 1. The molecule has 24 heavy (non-hydrogen) atoms. The molecule has 0 fully saturated rings. The lowest BCUT2D eigenvalue weighted by Crippen LogP contribution is -2.16. The molecule has 3 rings (SSSR count). The molecule has 0 amide bonds. The van der Waals surface area contributed by atoms with Crippen LogP contribution >= 0.6 is 0 Å².